The lowest BCUT2D eigenvalue weighted by molar-refractivity contribution is -0.137. The predicted molar refractivity (Wildman–Crippen MR) is 112 cm³/mol. The Morgan fingerprint density at radius 2 is 1.69 bits per heavy atom. The summed E-state index contributed by atoms with van der Waals surface area (Å²) in [6.45, 7) is 2.15. The van der Waals surface area contributed by atoms with Gasteiger partial charge in [0.05, 0.1) is 24.3 Å². The van der Waals surface area contributed by atoms with Crippen LogP contribution in [0.2, 0.25) is 0 Å². The normalized spacial score (nSPS) is 27.6. The zero-order valence-corrected chi connectivity index (χ0v) is 17.9. The van der Waals surface area contributed by atoms with Crippen molar-refractivity contribution < 1.29 is 28.1 Å². The molecule has 170 valence electrons. The van der Waals surface area contributed by atoms with Crippen molar-refractivity contribution in [2.45, 2.75) is 30.5 Å². The van der Waals surface area contributed by atoms with Gasteiger partial charge < -0.3 is 25.6 Å². The van der Waals surface area contributed by atoms with Crippen LogP contribution in [0.1, 0.15) is 5.56 Å². The Morgan fingerprint density at radius 3 is 2.21 bits per heavy atom. The van der Waals surface area contributed by atoms with Crippen molar-refractivity contribution in [2.75, 3.05) is 44.2 Å². The first-order chi connectivity index (χ1) is 12.3. The molecule has 0 radical (unpaired) electrons. The van der Waals surface area contributed by atoms with Crippen molar-refractivity contribution in [3.05, 3.63) is 29.8 Å². The lowest BCUT2D eigenvalue weighted by Crippen LogP contribution is -2.57. The highest BCUT2D eigenvalue weighted by atomic mass is 35.5. The number of hydrogen-bond acceptors (Lipinski definition) is 6. The quantitative estimate of drug-likeness (QED) is 0.602. The van der Waals surface area contributed by atoms with Crippen LogP contribution in [-0.2, 0) is 10.9 Å². The third kappa shape index (κ3) is 6.24. The van der Waals surface area contributed by atoms with Crippen molar-refractivity contribution in [2.24, 2.45) is 5.73 Å². The molecule has 2 fully saturated rings. The second kappa shape index (κ2) is 11.8. The Balaban J connectivity index is 0.00000261. The van der Waals surface area contributed by atoms with Crippen LogP contribution in [0.4, 0.5) is 18.9 Å². The van der Waals surface area contributed by atoms with Gasteiger partial charge in [-0.05, 0) is 18.2 Å². The predicted octanol–water partition coefficient (Wildman–Crippen LogP) is 1.54. The summed E-state index contributed by atoms with van der Waals surface area (Å²) in [6, 6.07) is 4.99. The summed E-state index contributed by atoms with van der Waals surface area (Å²) in [5.74, 6) is 0. The van der Waals surface area contributed by atoms with E-state index in [1.54, 1.807) is 6.07 Å². The molecule has 0 aliphatic carbocycles. The van der Waals surface area contributed by atoms with Crippen LogP contribution in [0.3, 0.4) is 0 Å². The van der Waals surface area contributed by atoms with Crippen molar-refractivity contribution in [3.8, 4) is 0 Å². The smallest absolute Gasteiger partial charge is 0.394 e. The van der Waals surface area contributed by atoms with E-state index in [1.165, 1.54) is 6.07 Å². The van der Waals surface area contributed by atoms with E-state index in [0.717, 1.165) is 12.1 Å². The molecule has 4 N–H and O–H groups in total. The van der Waals surface area contributed by atoms with Gasteiger partial charge in [-0.2, -0.15) is 13.2 Å². The van der Waals surface area contributed by atoms with E-state index in [-0.39, 0.29) is 62.5 Å². The van der Waals surface area contributed by atoms with Gasteiger partial charge in [0.2, 0.25) is 0 Å². The molecule has 12 heteroatoms. The number of benzene rings is 1. The summed E-state index contributed by atoms with van der Waals surface area (Å²) in [7, 11) is 0. The van der Waals surface area contributed by atoms with Crippen molar-refractivity contribution in [3.63, 3.8) is 0 Å². The molecular formula is C17H27Cl3F3N3O3. The Bertz CT molecular complexity index is 620. The van der Waals surface area contributed by atoms with Gasteiger partial charge in [0.1, 0.15) is 12.2 Å². The molecule has 0 amide bonds. The average molecular weight is 485 g/mol. The van der Waals surface area contributed by atoms with E-state index in [0.29, 0.717) is 31.9 Å². The second-order valence-corrected chi connectivity index (χ2v) is 6.68. The Kier molecular flexibility index (Phi) is 11.5. The van der Waals surface area contributed by atoms with E-state index < -0.39 is 23.9 Å². The number of alkyl halides is 3. The first-order valence-electron chi connectivity index (χ1n) is 8.66. The number of nitrogens with two attached hydrogens (primary N) is 1. The fourth-order valence-corrected chi connectivity index (χ4v) is 3.78. The maximum Gasteiger partial charge on any atom is 0.416 e. The number of hydrogen-bond donors (Lipinski definition) is 3. The summed E-state index contributed by atoms with van der Waals surface area (Å²) in [6.07, 6.45) is -6.23. The molecule has 0 aromatic heterocycles. The molecule has 2 saturated heterocycles. The minimum Gasteiger partial charge on any atom is -0.394 e. The number of rotatable bonds is 4. The maximum atomic E-state index is 12.9. The van der Waals surface area contributed by atoms with Gasteiger partial charge in [-0.1, -0.05) is 6.07 Å². The number of halogens is 6. The zero-order chi connectivity index (χ0) is 18.9. The molecule has 3 rings (SSSR count). The Hall–Kier alpha value is -0.520. The fourth-order valence-electron chi connectivity index (χ4n) is 3.78. The van der Waals surface area contributed by atoms with Gasteiger partial charge in [-0.3, -0.25) is 4.90 Å². The average Bonchev–Trinajstić information content (AvgIpc) is 2.97. The molecular weight excluding hydrogens is 458 g/mol. The van der Waals surface area contributed by atoms with E-state index in [1.807, 2.05) is 9.80 Å². The van der Waals surface area contributed by atoms with Gasteiger partial charge in [-0.15, -0.1) is 37.2 Å². The minimum atomic E-state index is -4.36. The molecule has 0 saturated carbocycles. The highest BCUT2D eigenvalue weighted by Gasteiger charge is 2.46. The van der Waals surface area contributed by atoms with E-state index in [4.69, 9.17) is 10.5 Å². The molecule has 2 aliphatic heterocycles. The fraction of sp³-hybridized carbons (Fsp3) is 0.647. The largest absolute Gasteiger partial charge is 0.416 e. The highest BCUT2D eigenvalue weighted by molar-refractivity contribution is 5.86. The van der Waals surface area contributed by atoms with Crippen LogP contribution < -0.4 is 10.6 Å². The van der Waals surface area contributed by atoms with Crippen molar-refractivity contribution >= 4 is 42.9 Å². The molecule has 6 nitrogen and oxygen atoms in total. The van der Waals surface area contributed by atoms with Crippen LogP contribution >= 0.6 is 37.2 Å². The van der Waals surface area contributed by atoms with E-state index in [2.05, 4.69) is 0 Å². The molecule has 2 aliphatic rings. The monoisotopic (exact) mass is 483 g/mol. The van der Waals surface area contributed by atoms with Crippen LogP contribution in [0.25, 0.3) is 0 Å². The molecule has 29 heavy (non-hydrogen) atoms. The first kappa shape index (κ1) is 28.5. The lowest BCUT2D eigenvalue weighted by atomic mass is 10.0. The van der Waals surface area contributed by atoms with Gasteiger partial charge in [0.15, 0.2) is 0 Å². The standard InChI is InChI=1S/C17H24F3N3O3.3ClH/c18-17(19,20)11-2-1-3-12(8-11)22-4-6-23(7-5-22)15-13(9-21)26-14(10-24)16(15)25;;;/h1-3,8,13-16,24-25H,4-7,9-10,21H2;3*1H/t13-,14+,15+,16-;;;/m1.../s1. The Morgan fingerprint density at radius 1 is 1.07 bits per heavy atom. The zero-order valence-electron chi connectivity index (χ0n) is 15.5. The molecule has 1 aromatic rings. The number of aliphatic hydroxyl groups is 2. The highest BCUT2D eigenvalue weighted by Crippen LogP contribution is 2.32. The van der Waals surface area contributed by atoms with Gasteiger partial charge in [0, 0.05) is 38.4 Å². The summed E-state index contributed by atoms with van der Waals surface area (Å²) in [5.41, 5.74) is 5.60. The van der Waals surface area contributed by atoms with Crippen LogP contribution in [0.15, 0.2) is 24.3 Å². The summed E-state index contributed by atoms with van der Waals surface area (Å²) in [5, 5.41) is 19.7. The van der Waals surface area contributed by atoms with Crippen molar-refractivity contribution in [1.82, 2.24) is 4.90 Å². The van der Waals surface area contributed by atoms with Crippen LogP contribution in [0, 0.1) is 0 Å². The molecule has 1 aromatic carbocycles. The van der Waals surface area contributed by atoms with Gasteiger partial charge in [-0.25, -0.2) is 0 Å². The van der Waals surface area contributed by atoms with Gasteiger partial charge >= 0.3 is 6.18 Å². The van der Waals surface area contributed by atoms with Crippen molar-refractivity contribution in [1.29, 1.82) is 0 Å². The summed E-state index contributed by atoms with van der Waals surface area (Å²) >= 11 is 0. The molecule has 0 bridgehead atoms. The van der Waals surface area contributed by atoms with E-state index >= 15 is 0 Å². The summed E-state index contributed by atoms with van der Waals surface area (Å²) < 4.78 is 44.3. The van der Waals surface area contributed by atoms with Crippen LogP contribution in [-0.4, -0.2) is 78.8 Å². The topological polar surface area (TPSA) is 82.2 Å². The van der Waals surface area contributed by atoms with E-state index in [9.17, 15) is 23.4 Å². The second-order valence-electron chi connectivity index (χ2n) is 6.68. The van der Waals surface area contributed by atoms with Crippen LogP contribution in [0.5, 0.6) is 0 Å². The number of aliphatic hydroxyl groups excluding tert-OH is 2. The number of anilines is 1. The number of ether oxygens (including phenoxy) is 1. The lowest BCUT2D eigenvalue weighted by Gasteiger charge is -2.41. The maximum absolute atomic E-state index is 12.9. The van der Waals surface area contributed by atoms with Gasteiger partial charge in [0.25, 0.3) is 0 Å². The molecule has 0 unspecified atom stereocenters. The third-order valence-corrected chi connectivity index (χ3v) is 5.15. The Labute approximate surface area is 186 Å². The molecule has 4 atom stereocenters. The minimum absolute atomic E-state index is 0. The number of nitrogens with zero attached hydrogens (tertiary/aromatic N) is 2. The number of piperazine rings is 1. The molecule has 2 heterocycles. The summed E-state index contributed by atoms with van der Waals surface area (Å²) in [4.78, 5) is 3.94. The SMILES string of the molecule is Cl.Cl.Cl.NC[C@H]1O[C@@H](CO)[C@@H](O)[C@H]1N1CCN(c2cccc(C(F)(F)F)c2)CC1. The molecule has 0 spiro atoms. The first-order valence-corrected chi connectivity index (χ1v) is 8.66. The third-order valence-electron chi connectivity index (χ3n) is 5.15.